The third-order valence-corrected chi connectivity index (χ3v) is 4.52. The normalized spacial score (nSPS) is 11.1. The minimum Gasteiger partial charge on any atom is -0.494 e. The number of hydrogen-bond donors (Lipinski definition) is 1. The van der Waals surface area contributed by atoms with Gasteiger partial charge in [0.2, 0.25) is 0 Å². The molecule has 30 heavy (non-hydrogen) atoms. The number of nitrogens with zero attached hydrogens (tertiary/aromatic N) is 2. The lowest BCUT2D eigenvalue weighted by molar-refractivity contribution is 0.0365. The lowest BCUT2D eigenvalue weighted by Crippen LogP contribution is -2.45. The van der Waals surface area contributed by atoms with E-state index in [9.17, 15) is 9.59 Å². The van der Waals surface area contributed by atoms with Crippen LogP contribution in [0.4, 0.5) is 10.5 Å². The zero-order valence-corrected chi connectivity index (χ0v) is 19.4. The Morgan fingerprint density at radius 3 is 2.17 bits per heavy atom. The van der Waals surface area contributed by atoms with Gasteiger partial charge in [0.1, 0.15) is 5.75 Å². The molecule has 1 N–H and O–H groups in total. The lowest BCUT2D eigenvalue weighted by Gasteiger charge is -2.33. The zero-order chi connectivity index (χ0) is 22.7. The van der Waals surface area contributed by atoms with Crippen molar-refractivity contribution in [3.8, 4) is 5.75 Å². The molecule has 1 aromatic rings. The number of anilines is 1. The number of hydroxylamine groups is 1. The first kappa shape index (κ1) is 25.7. The van der Waals surface area contributed by atoms with E-state index in [-0.39, 0.29) is 6.61 Å². The third-order valence-electron chi connectivity index (χ3n) is 4.52. The Morgan fingerprint density at radius 2 is 1.63 bits per heavy atom. The van der Waals surface area contributed by atoms with Gasteiger partial charge in [-0.1, -0.05) is 0 Å². The molecule has 0 saturated heterocycles. The number of carbonyl (C=O) groups is 2. The number of benzene rings is 1. The zero-order valence-electron chi connectivity index (χ0n) is 19.4. The van der Waals surface area contributed by atoms with E-state index in [2.05, 4.69) is 38.1 Å². The van der Waals surface area contributed by atoms with Gasteiger partial charge in [0.05, 0.1) is 31.1 Å². The van der Waals surface area contributed by atoms with E-state index in [1.165, 1.54) is 4.90 Å². The molecular weight excluding hydrogens is 386 g/mol. The van der Waals surface area contributed by atoms with Gasteiger partial charge in [-0.15, -0.1) is 0 Å². The van der Waals surface area contributed by atoms with Gasteiger partial charge in [0.25, 0.3) is 5.91 Å². The van der Waals surface area contributed by atoms with Crippen molar-refractivity contribution in [2.45, 2.75) is 60.5 Å². The van der Waals surface area contributed by atoms with E-state index in [1.54, 1.807) is 32.0 Å². The predicted octanol–water partition coefficient (Wildman–Crippen LogP) is 3.85. The fraction of sp³-hybridized carbons (Fsp3) is 0.636. The summed E-state index contributed by atoms with van der Waals surface area (Å²) < 4.78 is 10.9. The Kier molecular flexibility index (Phi) is 11.2. The summed E-state index contributed by atoms with van der Waals surface area (Å²) in [6.07, 6.45) is -0.510. The van der Waals surface area contributed by atoms with Crippen molar-refractivity contribution in [3.05, 3.63) is 23.8 Å². The van der Waals surface area contributed by atoms with Gasteiger partial charge in [0.15, 0.2) is 0 Å². The SMILES string of the molecule is CCONC(=O)c1ccc(OCC)cc1N(CCN(C(C)C)C(C)C)C(=O)OCC. The van der Waals surface area contributed by atoms with Gasteiger partial charge in [-0.05, 0) is 60.6 Å². The van der Waals surface area contributed by atoms with E-state index < -0.39 is 12.0 Å². The van der Waals surface area contributed by atoms with Gasteiger partial charge >= 0.3 is 6.09 Å². The first-order valence-corrected chi connectivity index (χ1v) is 10.7. The van der Waals surface area contributed by atoms with Gasteiger partial charge in [-0.25, -0.2) is 10.3 Å². The second-order valence-corrected chi connectivity index (χ2v) is 7.25. The summed E-state index contributed by atoms with van der Waals surface area (Å²) in [4.78, 5) is 34.3. The average molecular weight is 424 g/mol. The van der Waals surface area contributed by atoms with Crippen LogP contribution in [0.2, 0.25) is 0 Å². The van der Waals surface area contributed by atoms with Crippen molar-refractivity contribution in [2.75, 3.05) is 37.8 Å². The van der Waals surface area contributed by atoms with Crippen LogP contribution in [0, 0.1) is 0 Å². The highest BCUT2D eigenvalue weighted by molar-refractivity contribution is 6.03. The average Bonchev–Trinajstić information content (AvgIpc) is 2.69. The van der Waals surface area contributed by atoms with E-state index >= 15 is 0 Å². The lowest BCUT2D eigenvalue weighted by atomic mass is 10.1. The maximum Gasteiger partial charge on any atom is 0.414 e. The number of ether oxygens (including phenoxy) is 2. The monoisotopic (exact) mass is 423 g/mol. The molecule has 0 atom stereocenters. The molecule has 0 aliphatic rings. The molecule has 0 heterocycles. The summed E-state index contributed by atoms with van der Waals surface area (Å²) in [7, 11) is 0. The van der Waals surface area contributed by atoms with Crippen molar-refractivity contribution in [1.29, 1.82) is 0 Å². The Labute approximate surface area is 180 Å². The summed E-state index contributed by atoms with van der Waals surface area (Å²) in [6, 6.07) is 5.64. The molecule has 0 saturated carbocycles. The van der Waals surface area contributed by atoms with Crippen molar-refractivity contribution in [3.63, 3.8) is 0 Å². The molecule has 0 aliphatic carbocycles. The largest absolute Gasteiger partial charge is 0.494 e. The second-order valence-electron chi connectivity index (χ2n) is 7.25. The Balaban J connectivity index is 3.35. The van der Waals surface area contributed by atoms with E-state index in [1.807, 2.05) is 6.92 Å². The van der Waals surface area contributed by atoms with Crippen LogP contribution in [0.5, 0.6) is 5.75 Å². The second kappa shape index (κ2) is 13.1. The molecule has 0 spiro atoms. The van der Waals surface area contributed by atoms with Crippen molar-refractivity contribution >= 4 is 17.7 Å². The molecule has 0 aliphatic heterocycles. The molecule has 1 rings (SSSR count). The summed E-state index contributed by atoms with van der Waals surface area (Å²) in [5, 5.41) is 0. The molecule has 1 aromatic carbocycles. The number of amides is 2. The summed E-state index contributed by atoms with van der Waals surface area (Å²) in [5.41, 5.74) is 3.13. The van der Waals surface area contributed by atoms with Crippen LogP contribution in [0.1, 0.15) is 58.8 Å². The Hall–Kier alpha value is -2.32. The quantitative estimate of drug-likeness (QED) is 0.515. The Bertz CT molecular complexity index is 671. The highest BCUT2D eigenvalue weighted by Gasteiger charge is 2.25. The molecule has 0 fully saturated rings. The van der Waals surface area contributed by atoms with E-state index in [0.29, 0.717) is 55.4 Å². The summed E-state index contributed by atoms with van der Waals surface area (Å²) >= 11 is 0. The number of hydrogen-bond acceptors (Lipinski definition) is 6. The number of nitrogens with one attached hydrogen (secondary N) is 1. The van der Waals surface area contributed by atoms with Crippen molar-refractivity contribution < 1.29 is 23.9 Å². The molecule has 0 aromatic heterocycles. The van der Waals surface area contributed by atoms with Gasteiger partial charge in [-0.3, -0.25) is 19.4 Å². The van der Waals surface area contributed by atoms with Crippen LogP contribution in [0.25, 0.3) is 0 Å². The molecule has 2 amide bonds. The van der Waals surface area contributed by atoms with Crippen LogP contribution in [-0.2, 0) is 9.57 Å². The fourth-order valence-electron chi connectivity index (χ4n) is 3.22. The van der Waals surface area contributed by atoms with Gasteiger partial charge < -0.3 is 9.47 Å². The minimum atomic E-state index is -0.510. The topological polar surface area (TPSA) is 80.3 Å². The van der Waals surface area contributed by atoms with Gasteiger partial charge in [0, 0.05) is 31.2 Å². The molecule has 8 nitrogen and oxygen atoms in total. The predicted molar refractivity (Wildman–Crippen MR) is 118 cm³/mol. The summed E-state index contributed by atoms with van der Waals surface area (Å²) in [5.74, 6) is 0.133. The van der Waals surface area contributed by atoms with E-state index in [0.717, 1.165) is 0 Å². The molecule has 0 unspecified atom stereocenters. The fourth-order valence-corrected chi connectivity index (χ4v) is 3.22. The van der Waals surface area contributed by atoms with Crippen LogP contribution < -0.4 is 15.1 Å². The molecular formula is C22H37N3O5. The highest BCUT2D eigenvalue weighted by atomic mass is 16.6. The molecule has 0 bridgehead atoms. The van der Waals surface area contributed by atoms with Crippen LogP contribution in [0.15, 0.2) is 18.2 Å². The molecule has 0 radical (unpaired) electrons. The standard InChI is InChI=1S/C22H37N3O5/c1-8-28-18-11-12-19(21(26)23-30-10-3)20(15-18)25(22(27)29-9-2)14-13-24(16(4)5)17(6)7/h11-12,15-17H,8-10,13-14H2,1-7H3,(H,23,26). The summed E-state index contributed by atoms with van der Waals surface area (Å²) in [6.45, 7) is 15.9. The molecule has 8 heteroatoms. The third kappa shape index (κ3) is 7.50. The maximum atomic E-state index is 12.8. The van der Waals surface area contributed by atoms with Crippen molar-refractivity contribution in [1.82, 2.24) is 10.4 Å². The first-order valence-electron chi connectivity index (χ1n) is 10.7. The number of rotatable bonds is 12. The van der Waals surface area contributed by atoms with Crippen LogP contribution in [0.3, 0.4) is 0 Å². The smallest absolute Gasteiger partial charge is 0.414 e. The van der Waals surface area contributed by atoms with Gasteiger partial charge in [-0.2, -0.15) is 0 Å². The maximum absolute atomic E-state index is 12.8. The first-order chi connectivity index (χ1) is 14.3. The Morgan fingerprint density at radius 1 is 0.967 bits per heavy atom. The van der Waals surface area contributed by atoms with Crippen LogP contribution >= 0.6 is 0 Å². The number of carbonyl (C=O) groups excluding carboxylic acids is 2. The minimum absolute atomic E-state index is 0.235. The highest BCUT2D eigenvalue weighted by Crippen LogP contribution is 2.27. The molecule has 170 valence electrons. The van der Waals surface area contributed by atoms with E-state index in [4.69, 9.17) is 14.3 Å². The van der Waals surface area contributed by atoms with Crippen molar-refractivity contribution in [2.24, 2.45) is 0 Å². The van der Waals surface area contributed by atoms with Crippen LogP contribution in [-0.4, -0.2) is 61.9 Å².